The quantitative estimate of drug-likeness (QED) is 0.748. The van der Waals surface area contributed by atoms with Gasteiger partial charge >= 0.3 is 12.4 Å². The van der Waals surface area contributed by atoms with Crippen molar-refractivity contribution < 1.29 is 31.1 Å². The molecule has 1 N–H and O–H groups in total. The van der Waals surface area contributed by atoms with Crippen molar-refractivity contribution in [2.75, 3.05) is 18.0 Å². The van der Waals surface area contributed by atoms with Crippen molar-refractivity contribution in [3.8, 4) is 0 Å². The molecule has 1 aromatic carbocycles. The SMILES string of the molecule is O=C(NC1CCN(c2ccc(C(F)(F)F)cn2)CC1)c1cccc(C(F)(F)F)c1. The van der Waals surface area contributed by atoms with E-state index in [1.807, 2.05) is 0 Å². The standard InChI is InChI=1S/C19H17F6N3O/c20-18(21,22)13-3-1-2-12(10-13)17(29)27-15-6-8-28(9-7-15)16-5-4-14(11-26-16)19(23,24)25/h1-5,10-11,15H,6-9H2,(H,27,29). The number of nitrogens with one attached hydrogen (secondary N) is 1. The maximum absolute atomic E-state index is 12.8. The van der Waals surface area contributed by atoms with Gasteiger partial charge in [-0.2, -0.15) is 26.3 Å². The van der Waals surface area contributed by atoms with Crippen LogP contribution in [0, 0.1) is 0 Å². The van der Waals surface area contributed by atoms with Crippen molar-refractivity contribution in [1.29, 1.82) is 0 Å². The van der Waals surface area contributed by atoms with Crippen molar-refractivity contribution >= 4 is 11.7 Å². The number of nitrogens with zero attached hydrogens (tertiary/aromatic N) is 2. The third kappa shape index (κ3) is 5.18. The summed E-state index contributed by atoms with van der Waals surface area (Å²) < 4.78 is 76.2. The molecule has 0 aliphatic carbocycles. The van der Waals surface area contributed by atoms with Crippen LogP contribution in [0.1, 0.15) is 34.3 Å². The van der Waals surface area contributed by atoms with Gasteiger partial charge in [-0.25, -0.2) is 4.98 Å². The number of pyridine rings is 1. The predicted octanol–water partition coefficient (Wildman–Crippen LogP) is 4.52. The van der Waals surface area contributed by atoms with Gasteiger partial charge in [0, 0.05) is 30.9 Å². The van der Waals surface area contributed by atoms with Crippen LogP contribution >= 0.6 is 0 Å². The minimum atomic E-state index is -4.53. The first kappa shape index (κ1) is 20.9. The molecule has 3 rings (SSSR count). The van der Waals surface area contributed by atoms with Gasteiger partial charge in [0.25, 0.3) is 5.91 Å². The summed E-state index contributed by atoms with van der Waals surface area (Å²) in [4.78, 5) is 17.9. The zero-order chi connectivity index (χ0) is 21.2. The first-order valence-corrected chi connectivity index (χ1v) is 8.80. The smallest absolute Gasteiger partial charge is 0.356 e. The van der Waals surface area contributed by atoms with Crippen LogP contribution in [-0.4, -0.2) is 30.0 Å². The van der Waals surface area contributed by atoms with E-state index in [0.717, 1.165) is 24.4 Å². The predicted molar refractivity (Wildman–Crippen MR) is 93.4 cm³/mol. The second-order valence-corrected chi connectivity index (χ2v) is 6.72. The number of halogens is 6. The summed E-state index contributed by atoms with van der Waals surface area (Å²) >= 11 is 0. The van der Waals surface area contributed by atoms with Gasteiger partial charge < -0.3 is 10.2 Å². The lowest BCUT2D eigenvalue weighted by atomic mass is 10.0. The molecule has 4 nitrogen and oxygen atoms in total. The summed E-state index contributed by atoms with van der Waals surface area (Å²) in [7, 11) is 0. The van der Waals surface area contributed by atoms with Gasteiger partial charge in [-0.15, -0.1) is 0 Å². The zero-order valence-electron chi connectivity index (χ0n) is 15.0. The van der Waals surface area contributed by atoms with Gasteiger partial charge in [-0.1, -0.05) is 6.07 Å². The van der Waals surface area contributed by atoms with Crippen molar-refractivity contribution in [2.24, 2.45) is 0 Å². The molecule has 0 radical (unpaired) electrons. The minimum Gasteiger partial charge on any atom is -0.356 e. The van der Waals surface area contributed by atoms with E-state index in [1.54, 1.807) is 4.90 Å². The van der Waals surface area contributed by atoms with Gasteiger partial charge in [0.1, 0.15) is 5.82 Å². The van der Waals surface area contributed by atoms with Gasteiger partial charge in [0.15, 0.2) is 0 Å². The average molecular weight is 417 g/mol. The van der Waals surface area contributed by atoms with Crippen LogP contribution in [0.5, 0.6) is 0 Å². The fourth-order valence-corrected chi connectivity index (χ4v) is 3.10. The molecular formula is C19H17F6N3O. The first-order valence-electron chi connectivity index (χ1n) is 8.80. The number of rotatable bonds is 3. The second kappa shape index (κ2) is 7.92. The van der Waals surface area contributed by atoms with E-state index in [1.165, 1.54) is 18.2 Å². The number of amides is 1. The third-order valence-corrected chi connectivity index (χ3v) is 4.68. The Hall–Kier alpha value is -2.78. The van der Waals surface area contributed by atoms with Gasteiger partial charge in [0.2, 0.25) is 0 Å². The van der Waals surface area contributed by atoms with E-state index in [4.69, 9.17) is 0 Å². The number of hydrogen-bond acceptors (Lipinski definition) is 3. The van der Waals surface area contributed by atoms with Crippen LogP contribution in [0.4, 0.5) is 32.2 Å². The normalized spacial score (nSPS) is 16.0. The maximum atomic E-state index is 12.8. The molecule has 0 saturated carbocycles. The summed E-state index contributed by atoms with van der Waals surface area (Å²) in [6.07, 6.45) is -7.22. The number of hydrogen-bond donors (Lipinski definition) is 1. The molecule has 1 aromatic heterocycles. The maximum Gasteiger partial charge on any atom is 0.417 e. The number of carbonyl (C=O) groups excluding carboxylic acids is 1. The highest BCUT2D eigenvalue weighted by Crippen LogP contribution is 2.30. The largest absolute Gasteiger partial charge is 0.417 e. The Morgan fingerprint density at radius 2 is 1.62 bits per heavy atom. The van der Waals surface area contributed by atoms with Crippen LogP contribution in [0.25, 0.3) is 0 Å². The highest BCUT2D eigenvalue weighted by Gasteiger charge is 2.32. The van der Waals surface area contributed by atoms with E-state index in [2.05, 4.69) is 10.3 Å². The molecule has 0 atom stereocenters. The van der Waals surface area contributed by atoms with E-state index in [9.17, 15) is 31.1 Å². The highest BCUT2D eigenvalue weighted by molar-refractivity contribution is 5.94. The summed E-state index contributed by atoms with van der Waals surface area (Å²) in [5.74, 6) is -0.192. The lowest BCUT2D eigenvalue weighted by molar-refractivity contribution is -0.138. The Labute approximate surface area is 162 Å². The molecule has 2 heterocycles. The monoisotopic (exact) mass is 417 g/mol. The van der Waals surface area contributed by atoms with Crippen LogP contribution < -0.4 is 10.2 Å². The van der Waals surface area contributed by atoms with Crippen molar-refractivity contribution in [2.45, 2.75) is 31.2 Å². The average Bonchev–Trinajstić information content (AvgIpc) is 2.67. The number of carbonyl (C=O) groups is 1. The lowest BCUT2D eigenvalue weighted by Crippen LogP contribution is -2.45. The minimum absolute atomic E-state index is 0.0772. The third-order valence-electron chi connectivity index (χ3n) is 4.68. The lowest BCUT2D eigenvalue weighted by Gasteiger charge is -2.33. The van der Waals surface area contributed by atoms with Crippen molar-refractivity contribution in [3.63, 3.8) is 0 Å². The van der Waals surface area contributed by atoms with Gasteiger partial charge in [-0.3, -0.25) is 4.79 Å². The van der Waals surface area contributed by atoms with Crippen LogP contribution in [0.3, 0.4) is 0 Å². The molecule has 0 unspecified atom stereocenters. The Morgan fingerprint density at radius 1 is 0.966 bits per heavy atom. The Bertz CT molecular complexity index is 855. The fraction of sp³-hybridized carbons (Fsp3) is 0.368. The highest BCUT2D eigenvalue weighted by atomic mass is 19.4. The number of aromatic nitrogens is 1. The van der Waals surface area contributed by atoms with E-state index >= 15 is 0 Å². The number of piperidine rings is 1. The molecule has 1 saturated heterocycles. The van der Waals surface area contributed by atoms with E-state index in [0.29, 0.717) is 31.7 Å². The molecule has 156 valence electrons. The van der Waals surface area contributed by atoms with Gasteiger partial charge in [-0.05, 0) is 43.2 Å². The Kier molecular flexibility index (Phi) is 5.72. The molecule has 1 aliphatic heterocycles. The summed E-state index contributed by atoms with van der Waals surface area (Å²) in [6, 6.07) is 6.20. The van der Waals surface area contributed by atoms with Crippen LogP contribution in [-0.2, 0) is 12.4 Å². The molecule has 10 heteroatoms. The number of alkyl halides is 6. The molecule has 1 amide bonds. The molecule has 2 aromatic rings. The summed E-state index contributed by atoms with van der Waals surface area (Å²) in [6.45, 7) is 0.901. The van der Waals surface area contributed by atoms with Crippen molar-refractivity contribution in [3.05, 3.63) is 59.3 Å². The first-order chi connectivity index (χ1) is 13.5. The number of anilines is 1. The molecule has 0 spiro atoms. The van der Waals surface area contributed by atoms with E-state index < -0.39 is 29.4 Å². The fourth-order valence-electron chi connectivity index (χ4n) is 3.10. The van der Waals surface area contributed by atoms with Crippen LogP contribution in [0.15, 0.2) is 42.6 Å². The summed E-state index contributed by atoms with van der Waals surface area (Å²) in [5, 5.41) is 2.71. The molecule has 1 aliphatic rings. The van der Waals surface area contributed by atoms with Crippen molar-refractivity contribution in [1.82, 2.24) is 10.3 Å². The summed E-state index contributed by atoms with van der Waals surface area (Å²) in [5.41, 5.74) is -1.80. The molecule has 0 bridgehead atoms. The van der Waals surface area contributed by atoms with Gasteiger partial charge in [0.05, 0.1) is 11.1 Å². The molecular weight excluding hydrogens is 400 g/mol. The Morgan fingerprint density at radius 3 is 2.17 bits per heavy atom. The second-order valence-electron chi connectivity index (χ2n) is 6.72. The topological polar surface area (TPSA) is 45.2 Å². The molecule has 1 fully saturated rings. The zero-order valence-corrected chi connectivity index (χ0v) is 15.0. The number of benzene rings is 1. The van der Waals surface area contributed by atoms with Crippen LogP contribution in [0.2, 0.25) is 0 Å². The Balaban J connectivity index is 1.57. The van der Waals surface area contributed by atoms with E-state index in [-0.39, 0.29) is 11.6 Å². The molecule has 29 heavy (non-hydrogen) atoms.